The molecule has 0 spiro atoms. The van der Waals surface area contributed by atoms with Gasteiger partial charge in [-0.05, 0) is 24.1 Å². The Morgan fingerprint density at radius 2 is 1.75 bits per heavy atom. The Kier molecular flexibility index (Phi) is 6.67. The predicted molar refractivity (Wildman–Crippen MR) is 107 cm³/mol. The number of hydrogen-bond acceptors (Lipinski definition) is 6. The maximum atomic E-state index is 10.9. The van der Waals surface area contributed by atoms with E-state index in [2.05, 4.69) is 12.1 Å². The van der Waals surface area contributed by atoms with Gasteiger partial charge in [-0.3, -0.25) is 0 Å². The minimum atomic E-state index is -0.831. The fourth-order valence-electron chi connectivity index (χ4n) is 3.84. The molecular weight excluding hydrogens is 376 g/mol. The van der Waals surface area contributed by atoms with Gasteiger partial charge in [-0.25, -0.2) is 0 Å². The van der Waals surface area contributed by atoms with Gasteiger partial charge < -0.3 is 24.4 Å². The van der Waals surface area contributed by atoms with E-state index in [4.69, 9.17) is 14.2 Å². The van der Waals surface area contributed by atoms with Gasteiger partial charge >= 0.3 is 0 Å². The first-order valence-electron chi connectivity index (χ1n) is 9.68. The van der Waals surface area contributed by atoms with Crippen molar-refractivity contribution in [2.45, 2.75) is 53.7 Å². The van der Waals surface area contributed by atoms with Crippen molar-refractivity contribution in [2.75, 3.05) is 13.2 Å². The highest BCUT2D eigenvalue weighted by Crippen LogP contribution is 2.37. The van der Waals surface area contributed by atoms with Gasteiger partial charge in [0.1, 0.15) is 24.4 Å². The standard InChI is InChI=1S/C22H26O5S/c23-12-19-22(25-13-15-7-3-1-4-8-15)20(24)21-18(27-19)11-17(14-26-21)28-16-9-5-2-6-10-16/h1-10,17-24H,11-14H2/t17?,18-,19-,20-,21+,22-/m1/s1. The fraction of sp³-hybridized carbons (Fsp3) is 0.455. The molecule has 0 aromatic heterocycles. The Labute approximate surface area is 169 Å². The van der Waals surface area contributed by atoms with Gasteiger partial charge in [0.25, 0.3) is 0 Å². The number of benzene rings is 2. The van der Waals surface area contributed by atoms with E-state index in [1.54, 1.807) is 11.8 Å². The van der Waals surface area contributed by atoms with Gasteiger partial charge in [0.15, 0.2) is 0 Å². The average molecular weight is 403 g/mol. The highest BCUT2D eigenvalue weighted by molar-refractivity contribution is 8.00. The summed E-state index contributed by atoms with van der Waals surface area (Å²) in [4.78, 5) is 1.19. The zero-order chi connectivity index (χ0) is 19.3. The maximum absolute atomic E-state index is 10.9. The van der Waals surface area contributed by atoms with Crippen LogP contribution in [0.25, 0.3) is 0 Å². The molecule has 0 bridgehead atoms. The third-order valence-corrected chi connectivity index (χ3v) is 6.44. The largest absolute Gasteiger partial charge is 0.394 e. The lowest BCUT2D eigenvalue weighted by Gasteiger charge is -2.47. The summed E-state index contributed by atoms with van der Waals surface area (Å²) < 4.78 is 18.0. The average Bonchev–Trinajstić information content (AvgIpc) is 2.74. The molecule has 2 aliphatic rings. The molecular formula is C22H26O5S. The van der Waals surface area contributed by atoms with Gasteiger partial charge in [-0.2, -0.15) is 0 Å². The molecule has 6 heteroatoms. The topological polar surface area (TPSA) is 68.2 Å². The molecule has 0 radical (unpaired) electrons. The van der Waals surface area contributed by atoms with Crippen molar-refractivity contribution in [3.05, 3.63) is 66.2 Å². The number of aliphatic hydroxyl groups is 2. The summed E-state index contributed by atoms with van der Waals surface area (Å²) in [5.41, 5.74) is 1.01. The van der Waals surface area contributed by atoms with E-state index in [1.807, 2.05) is 48.5 Å². The van der Waals surface area contributed by atoms with Crippen molar-refractivity contribution in [3.63, 3.8) is 0 Å². The van der Waals surface area contributed by atoms with Crippen LogP contribution in [-0.2, 0) is 20.8 Å². The summed E-state index contributed by atoms with van der Waals surface area (Å²) in [5.74, 6) is 0. The van der Waals surface area contributed by atoms with Crippen LogP contribution in [0.1, 0.15) is 12.0 Å². The first-order valence-corrected chi connectivity index (χ1v) is 10.6. The van der Waals surface area contributed by atoms with Crippen LogP contribution in [0.2, 0.25) is 0 Å². The van der Waals surface area contributed by atoms with Gasteiger partial charge in [0.05, 0.1) is 25.9 Å². The first kappa shape index (κ1) is 19.9. The predicted octanol–water partition coefficient (Wildman–Crippen LogP) is 2.64. The lowest BCUT2D eigenvalue weighted by atomic mass is 9.91. The molecule has 2 heterocycles. The quantitative estimate of drug-likeness (QED) is 0.774. The molecule has 28 heavy (non-hydrogen) atoms. The molecule has 4 rings (SSSR count). The minimum absolute atomic E-state index is 0.198. The Hall–Kier alpha value is -1.41. The summed E-state index contributed by atoms with van der Waals surface area (Å²) in [6.07, 6.45) is -1.94. The number of hydrogen-bond donors (Lipinski definition) is 2. The highest BCUT2D eigenvalue weighted by Gasteiger charge is 2.49. The van der Waals surface area contributed by atoms with E-state index >= 15 is 0 Å². The Balaban J connectivity index is 1.38. The van der Waals surface area contributed by atoms with Crippen LogP contribution in [0.5, 0.6) is 0 Å². The maximum Gasteiger partial charge on any atom is 0.115 e. The van der Waals surface area contributed by atoms with E-state index in [0.29, 0.717) is 13.2 Å². The van der Waals surface area contributed by atoms with E-state index in [9.17, 15) is 10.2 Å². The second-order valence-corrected chi connectivity index (χ2v) is 8.61. The van der Waals surface area contributed by atoms with Gasteiger partial charge in [0.2, 0.25) is 0 Å². The summed E-state index contributed by atoms with van der Waals surface area (Å²) in [6.45, 7) is 0.707. The Morgan fingerprint density at radius 1 is 1.04 bits per heavy atom. The van der Waals surface area contributed by atoms with Crippen LogP contribution >= 0.6 is 11.8 Å². The third-order valence-electron chi connectivity index (χ3n) is 5.24. The van der Waals surface area contributed by atoms with Crippen molar-refractivity contribution in [1.29, 1.82) is 0 Å². The SMILES string of the molecule is OC[C@H]1O[C@@H]2CC(Sc3ccccc3)CO[C@@H]2[C@@H](O)[C@@H]1OCc1ccccc1. The monoisotopic (exact) mass is 402 g/mol. The smallest absolute Gasteiger partial charge is 0.115 e. The molecule has 0 amide bonds. The van der Waals surface area contributed by atoms with Gasteiger partial charge in [-0.15, -0.1) is 11.8 Å². The lowest BCUT2D eigenvalue weighted by molar-refractivity contribution is -0.265. The number of rotatable bonds is 6. The summed E-state index contributed by atoms with van der Waals surface area (Å²) in [6, 6.07) is 20.0. The lowest BCUT2D eigenvalue weighted by Crippen LogP contribution is -2.62. The Bertz CT molecular complexity index is 726. The third kappa shape index (κ3) is 4.59. The molecule has 0 aliphatic carbocycles. The van der Waals surface area contributed by atoms with Crippen molar-refractivity contribution in [2.24, 2.45) is 0 Å². The summed E-state index contributed by atoms with van der Waals surface area (Å²) in [7, 11) is 0. The molecule has 2 N–H and O–H groups in total. The van der Waals surface area contributed by atoms with Crippen LogP contribution in [0.3, 0.4) is 0 Å². The zero-order valence-corrected chi connectivity index (χ0v) is 16.4. The molecule has 2 fully saturated rings. The number of fused-ring (bicyclic) bond motifs is 1. The zero-order valence-electron chi connectivity index (χ0n) is 15.6. The van der Waals surface area contributed by atoms with Crippen LogP contribution in [0.15, 0.2) is 65.6 Å². The van der Waals surface area contributed by atoms with Crippen LogP contribution in [-0.4, -0.2) is 59.2 Å². The van der Waals surface area contributed by atoms with E-state index < -0.39 is 24.4 Å². The molecule has 1 unspecified atom stereocenters. The minimum Gasteiger partial charge on any atom is -0.394 e. The molecule has 2 aromatic carbocycles. The molecule has 5 nitrogen and oxygen atoms in total. The normalized spacial score (nSPS) is 32.6. The number of aliphatic hydroxyl groups excluding tert-OH is 2. The first-order chi connectivity index (χ1) is 13.7. The van der Waals surface area contributed by atoms with E-state index in [-0.39, 0.29) is 18.0 Å². The Morgan fingerprint density at radius 3 is 2.46 bits per heavy atom. The second-order valence-electron chi connectivity index (χ2n) is 7.23. The van der Waals surface area contributed by atoms with Crippen molar-refractivity contribution >= 4 is 11.8 Å². The molecule has 6 atom stereocenters. The fourth-order valence-corrected chi connectivity index (χ4v) is 4.97. The van der Waals surface area contributed by atoms with Crippen molar-refractivity contribution < 1.29 is 24.4 Å². The highest BCUT2D eigenvalue weighted by atomic mass is 32.2. The van der Waals surface area contributed by atoms with Crippen molar-refractivity contribution in [1.82, 2.24) is 0 Å². The van der Waals surface area contributed by atoms with E-state index in [1.165, 1.54) is 4.90 Å². The molecule has 0 saturated carbocycles. The number of thioether (sulfide) groups is 1. The van der Waals surface area contributed by atoms with E-state index in [0.717, 1.165) is 12.0 Å². The molecule has 2 aromatic rings. The molecule has 150 valence electrons. The summed E-state index contributed by atoms with van der Waals surface area (Å²) >= 11 is 1.76. The van der Waals surface area contributed by atoms with Crippen LogP contribution in [0, 0.1) is 0 Å². The van der Waals surface area contributed by atoms with Gasteiger partial charge in [0, 0.05) is 10.1 Å². The van der Waals surface area contributed by atoms with Crippen LogP contribution in [0.4, 0.5) is 0 Å². The van der Waals surface area contributed by atoms with Crippen LogP contribution < -0.4 is 0 Å². The van der Waals surface area contributed by atoms with Gasteiger partial charge in [-0.1, -0.05) is 48.5 Å². The molecule has 2 saturated heterocycles. The summed E-state index contributed by atoms with van der Waals surface area (Å²) in [5, 5.41) is 20.9. The second kappa shape index (κ2) is 9.39. The van der Waals surface area contributed by atoms with Crippen molar-refractivity contribution in [3.8, 4) is 0 Å². The molecule has 2 aliphatic heterocycles. The number of ether oxygens (including phenoxy) is 3.